The highest BCUT2D eigenvalue weighted by molar-refractivity contribution is 7.09. The number of benzene rings is 1. The third-order valence-electron chi connectivity index (χ3n) is 2.53. The summed E-state index contributed by atoms with van der Waals surface area (Å²) >= 11 is 1.44. The first-order chi connectivity index (χ1) is 8.85. The van der Waals surface area contributed by atoms with E-state index in [-0.39, 0.29) is 11.1 Å². The fraction of sp³-hybridized carbons (Fsp3) is 0.357. The molecular weight excluding hydrogens is 266 g/mol. The normalized spacial score (nSPS) is 11.8. The molecule has 1 heterocycles. The quantitative estimate of drug-likeness (QED) is 0.921. The summed E-state index contributed by atoms with van der Waals surface area (Å²) in [4.78, 5) is 4.33. The Bertz CT molecular complexity index is 573. The Morgan fingerprint density at radius 1 is 1.26 bits per heavy atom. The van der Waals surface area contributed by atoms with Crippen molar-refractivity contribution in [2.45, 2.75) is 32.9 Å². The number of hydrogen-bond acceptors (Lipinski definition) is 3. The molecule has 102 valence electrons. The summed E-state index contributed by atoms with van der Waals surface area (Å²) in [5.74, 6) is -0.916. The maximum absolute atomic E-state index is 13.6. The van der Waals surface area contributed by atoms with Gasteiger partial charge in [-0.25, -0.2) is 13.8 Å². The van der Waals surface area contributed by atoms with Gasteiger partial charge < -0.3 is 5.32 Å². The predicted molar refractivity (Wildman–Crippen MR) is 74.1 cm³/mol. The van der Waals surface area contributed by atoms with Gasteiger partial charge in [0.1, 0.15) is 16.6 Å². The van der Waals surface area contributed by atoms with Crippen molar-refractivity contribution in [3.63, 3.8) is 0 Å². The first kappa shape index (κ1) is 14.1. The maximum Gasteiger partial charge on any atom is 0.132 e. The topological polar surface area (TPSA) is 24.9 Å². The molecule has 0 unspecified atom stereocenters. The molecule has 1 aromatic carbocycles. The van der Waals surface area contributed by atoms with E-state index in [1.807, 2.05) is 0 Å². The number of nitrogens with zero attached hydrogens (tertiary/aromatic N) is 1. The van der Waals surface area contributed by atoms with Gasteiger partial charge in [0.2, 0.25) is 0 Å². The van der Waals surface area contributed by atoms with Crippen LogP contribution in [0.3, 0.4) is 0 Å². The average molecular weight is 282 g/mol. The highest BCUT2D eigenvalue weighted by Gasteiger charge is 2.13. The smallest absolute Gasteiger partial charge is 0.132 e. The lowest BCUT2D eigenvalue weighted by Gasteiger charge is -2.19. The van der Waals surface area contributed by atoms with Gasteiger partial charge in [0, 0.05) is 23.0 Å². The highest BCUT2D eigenvalue weighted by atomic mass is 32.1. The molecule has 0 aliphatic carbocycles. The van der Waals surface area contributed by atoms with Crippen molar-refractivity contribution in [2.75, 3.05) is 0 Å². The zero-order valence-electron chi connectivity index (χ0n) is 11.1. The van der Waals surface area contributed by atoms with Crippen LogP contribution in [0.5, 0.6) is 0 Å². The van der Waals surface area contributed by atoms with Crippen molar-refractivity contribution in [3.05, 3.63) is 40.2 Å². The lowest BCUT2D eigenvalue weighted by molar-refractivity contribution is 0.424. The molecule has 0 saturated carbocycles. The standard InChI is InChI=1S/C14H16F2N2S/c1-14(2,3)17-7-13-18-12(8-19-13)10-6-9(15)4-5-11(10)16/h4-6,8,17H,7H2,1-3H3. The molecule has 2 nitrogen and oxygen atoms in total. The number of nitrogens with one attached hydrogen (secondary N) is 1. The van der Waals surface area contributed by atoms with E-state index in [0.717, 1.165) is 17.1 Å². The van der Waals surface area contributed by atoms with E-state index < -0.39 is 11.6 Å². The van der Waals surface area contributed by atoms with E-state index in [1.165, 1.54) is 17.4 Å². The molecule has 1 aromatic heterocycles. The number of halogens is 2. The summed E-state index contributed by atoms with van der Waals surface area (Å²) in [5.41, 5.74) is 0.682. The first-order valence-corrected chi connectivity index (χ1v) is 6.88. The van der Waals surface area contributed by atoms with Crippen molar-refractivity contribution in [1.82, 2.24) is 10.3 Å². The number of rotatable bonds is 3. The second kappa shape index (κ2) is 5.35. The largest absolute Gasteiger partial charge is 0.306 e. The second-order valence-electron chi connectivity index (χ2n) is 5.35. The van der Waals surface area contributed by atoms with Crippen LogP contribution in [0.1, 0.15) is 25.8 Å². The molecule has 0 spiro atoms. The van der Waals surface area contributed by atoms with E-state index in [1.54, 1.807) is 5.38 Å². The van der Waals surface area contributed by atoms with E-state index in [0.29, 0.717) is 12.2 Å². The Morgan fingerprint density at radius 3 is 2.68 bits per heavy atom. The number of aromatic nitrogens is 1. The molecule has 0 aliphatic rings. The van der Waals surface area contributed by atoms with Gasteiger partial charge >= 0.3 is 0 Å². The van der Waals surface area contributed by atoms with Crippen LogP contribution in [0.25, 0.3) is 11.3 Å². The summed E-state index contributed by atoms with van der Waals surface area (Å²) < 4.78 is 26.8. The van der Waals surface area contributed by atoms with Crippen LogP contribution < -0.4 is 5.32 Å². The van der Waals surface area contributed by atoms with Crippen LogP contribution in [0.4, 0.5) is 8.78 Å². The molecule has 0 aliphatic heterocycles. The SMILES string of the molecule is CC(C)(C)NCc1nc(-c2cc(F)ccc2F)cs1. The van der Waals surface area contributed by atoms with E-state index >= 15 is 0 Å². The fourth-order valence-corrected chi connectivity index (χ4v) is 2.28. The molecule has 1 N–H and O–H groups in total. The lowest BCUT2D eigenvalue weighted by atomic mass is 10.1. The van der Waals surface area contributed by atoms with Crippen LogP contribution in [0.15, 0.2) is 23.6 Å². The lowest BCUT2D eigenvalue weighted by Crippen LogP contribution is -2.34. The molecule has 0 atom stereocenters. The summed E-state index contributed by atoms with van der Waals surface area (Å²) in [7, 11) is 0. The van der Waals surface area contributed by atoms with Gasteiger partial charge in [0.05, 0.1) is 5.69 Å². The first-order valence-electron chi connectivity index (χ1n) is 6.00. The second-order valence-corrected chi connectivity index (χ2v) is 6.30. The fourth-order valence-electron chi connectivity index (χ4n) is 1.55. The van der Waals surface area contributed by atoms with Gasteiger partial charge in [0.15, 0.2) is 0 Å². The highest BCUT2D eigenvalue weighted by Crippen LogP contribution is 2.25. The minimum absolute atomic E-state index is 0.00403. The molecule has 0 bridgehead atoms. The van der Waals surface area contributed by atoms with Crippen molar-refractivity contribution in [1.29, 1.82) is 0 Å². The molecule has 19 heavy (non-hydrogen) atoms. The molecule has 5 heteroatoms. The van der Waals surface area contributed by atoms with Gasteiger partial charge in [-0.15, -0.1) is 11.3 Å². The molecule has 0 amide bonds. The molecule has 0 saturated heterocycles. The van der Waals surface area contributed by atoms with Crippen LogP contribution in [-0.2, 0) is 6.54 Å². The Morgan fingerprint density at radius 2 is 2.00 bits per heavy atom. The summed E-state index contributed by atoms with van der Waals surface area (Å²) in [6, 6.07) is 3.40. The summed E-state index contributed by atoms with van der Waals surface area (Å²) in [6.45, 7) is 6.81. The average Bonchev–Trinajstić information content (AvgIpc) is 2.77. The predicted octanol–water partition coefficient (Wildman–Crippen LogP) is 3.98. The minimum Gasteiger partial charge on any atom is -0.306 e. The van der Waals surface area contributed by atoms with Gasteiger partial charge in [-0.05, 0) is 39.0 Å². The third kappa shape index (κ3) is 3.81. The molecular formula is C14H16F2N2S. The zero-order chi connectivity index (χ0) is 14.0. The van der Waals surface area contributed by atoms with E-state index in [9.17, 15) is 8.78 Å². The van der Waals surface area contributed by atoms with Crippen LogP contribution >= 0.6 is 11.3 Å². The maximum atomic E-state index is 13.6. The van der Waals surface area contributed by atoms with Crippen LogP contribution in [0.2, 0.25) is 0 Å². The Balaban J connectivity index is 2.19. The van der Waals surface area contributed by atoms with E-state index in [4.69, 9.17) is 0 Å². The Labute approximate surface area is 115 Å². The monoisotopic (exact) mass is 282 g/mol. The van der Waals surface area contributed by atoms with Crippen LogP contribution in [0, 0.1) is 11.6 Å². The van der Waals surface area contributed by atoms with Crippen LogP contribution in [-0.4, -0.2) is 10.5 Å². The van der Waals surface area contributed by atoms with E-state index in [2.05, 4.69) is 31.1 Å². The molecule has 2 aromatic rings. The summed E-state index contributed by atoms with van der Waals surface area (Å²) in [6.07, 6.45) is 0. The van der Waals surface area contributed by atoms with Crippen molar-refractivity contribution in [2.24, 2.45) is 0 Å². The van der Waals surface area contributed by atoms with Crippen molar-refractivity contribution >= 4 is 11.3 Å². The van der Waals surface area contributed by atoms with Gasteiger partial charge in [0.25, 0.3) is 0 Å². The number of hydrogen-bond donors (Lipinski definition) is 1. The summed E-state index contributed by atoms with van der Waals surface area (Å²) in [5, 5.41) is 5.91. The Kier molecular flexibility index (Phi) is 3.96. The van der Waals surface area contributed by atoms with Crippen molar-refractivity contribution in [3.8, 4) is 11.3 Å². The molecule has 2 rings (SSSR count). The van der Waals surface area contributed by atoms with Gasteiger partial charge in [-0.1, -0.05) is 0 Å². The van der Waals surface area contributed by atoms with Gasteiger partial charge in [-0.3, -0.25) is 0 Å². The number of thiazole rings is 1. The molecule has 0 fully saturated rings. The zero-order valence-corrected chi connectivity index (χ0v) is 11.9. The Hall–Kier alpha value is -1.33. The third-order valence-corrected chi connectivity index (χ3v) is 3.37. The minimum atomic E-state index is -0.459. The van der Waals surface area contributed by atoms with Gasteiger partial charge in [-0.2, -0.15) is 0 Å². The van der Waals surface area contributed by atoms with Crippen molar-refractivity contribution < 1.29 is 8.78 Å². The molecule has 0 radical (unpaired) electrons.